The molecule has 3 rings (SSSR count). The Bertz CT molecular complexity index is 982. The predicted molar refractivity (Wildman–Crippen MR) is 115 cm³/mol. The molecule has 2 aromatic rings. The van der Waals surface area contributed by atoms with Crippen molar-refractivity contribution in [3.8, 4) is 0 Å². The number of nitrogens with zero attached hydrogens (tertiary/aromatic N) is 1. The van der Waals surface area contributed by atoms with Crippen LogP contribution in [0.4, 0.5) is 0 Å². The summed E-state index contributed by atoms with van der Waals surface area (Å²) in [6.45, 7) is 6.74. The summed E-state index contributed by atoms with van der Waals surface area (Å²) in [7, 11) is -3.56. The first-order valence-corrected chi connectivity index (χ1v) is 11.6. The highest BCUT2D eigenvalue weighted by Crippen LogP contribution is 2.26. The topological polar surface area (TPSA) is 66.5 Å². The van der Waals surface area contributed by atoms with E-state index in [1.807, 2.05) is 26.8 Å². The second kappa shape index (κ2) is 8.86. The Labute approximate surface area is 178 Å². The number of nitrogens with one attached hydrogen (secondary N) is 1. The van der Waals surface area contributed by atoms with Crippen molar-refractivity contribution in [1.82, 2.24) is 9.62 Å². The lowest BCUT2D eigenvalue weighted by Gasteiger charge is -2.31. The van der Waals surface area contributed by atoms with Gasteiger partial charge in [0.2, 0.25) is 15.9 Å². The smallest absolute Gasteiger partial charge is 0.243 e. The number of hydrogen-bond donors (Lipinski definition) is 1. The zero-order chi connectivity index (χ0) is 21.2. The molecule has 1 saturated heterocycles. The Morgan fingerprint density at radius 2 is 1.72 bits per heavy atom. The van der Waals surface area contributed by atoms with Crippen LogP contribution in [-0.4, -0.2) is 31.7 Å². The summed E-state index contributed by atoms with van der Waals surface area (Å²) >= 11 is 5.85. The molecule has 1 N–H and O–H groups in total. The first-order valence-electron chi connectivity index (χ1n) is 9.81. The van der Waals surface area contributed by atoms with E-state index in [-0.39, 0.29) is 22.8 Å². The molecule has 156 valence electrons. The van der Waals surface area contributed by atoms with Gasteiger partial charge in [0.25, 0.3) is 0 Å². The highest BCUT2D eigenvalue weighted by Gasteiger charge is 2.32. The van der Waals surface area contributed by atoms with Crippen molar-refractivity contribution in [1.29, 1.82) is 0 Å². The highest BCUT2D eigenvalue weighted by molar-refractivity contribution is 7.89. The maximum absolute atomic E-state index is 12.8. The van der Waals surface area contributed by atoms with Crippen LogP contribution in [0.15, 0.2) is 47.4 Å². The third-order valence-corrected chi connectivity index (χ3v) is 7.69. The van der Waals surface area contributed by atoms with E-state index in [1.165, 1.54) is 22.0 Å². The Morgan fingerprint density at radius 3 is 2.31 bits per heavy atom. The lowest BCUT2D eigenvalue weighted by Crippen LogP contribution is -2.43. The third-order valence-electron chi connectivity index (χ3n) is 5.53. The monoisotopic (exact) mass is 434 g/mol. The average Bonchev–Trinajstić information content (AvgIpc) is 2.68. The van der Waals surface area contributed by atoms with Gasteiger partial charge in [-0.25, -0.2) is 8.42 Å². The molecule has 1 atom stereocenters. The van der Waals surface area contributed by atoms with Crippen molar-refractivity contribution >= 4 is 27.5 Å². The summed E-state index contributed by atoms with van der Waals surface area (Å²) in [6.07, 6.45) is 1.02. The molecule has 5 nitrogen and oxygen atoms in total. The maximum atomic E-state index is 12.8. The quantitative estimate of drug-likeness (QED) is 0.765. The van der Waals surface area contributed by atoms with Crippen LogP contribution in [0.25, 0.3) is 0 Å². The van der Waals surface area contributed by atoms with Gasteiger partial charge in [-0.15, -0.1) is 0 Å². The summed E-state index contributed by atoms with van der Waals surface area (Å²) in [5.74, 6) is -0.194. The van der Waals surface area contributed by atoms with Crippen LogP contribution in [0.1, 0.15) is 42.5 Å². The van der Waals surface area contributed by atoms with Gasteiger partial charge >= 0.3 is 0 Å². The molecule has 1 amide bonds. The Balaban J connectivity index is 1.60. The Morgan fingerprint density at radius 1 is 1.10 bits per heavy atom. The highest BCUT2D eigenvalue weighted by atomic mass is 35.5. The minimum Gasteiger partial charge on any atom is -0.349 e. The van der Waals surface area contributed by atoms with Crippen LogP contribution >= 0.6 is 11.6 Å². The lowest BCUT2D eigenvalue weighted by atomic mass is 9.95. The van der Waals surface area contributed by atoms with Gasteiger partial charge in [0, 0.05) is 24.0 Å². The van der Waals surface area contributed by atoms with E-state index in [0.29, 0.717) is 31.0 Å². The van der Waals surface area contributed by atoms with E-state index in [4.69, 9.17) is 11.6 Å². The molecule has 0 spiro atoms. The van der Waals surface area contributed by atoms with Gasteiger partial charge in [-0.1, -0.05) is 35.4 Å². The van der Waals surface area contributed by atoms with Crippen LogP contribution in [0, 0.1) is 19.8 Å². The van der Waals surface area contributed by atoms with Crippen LogP contribution < -0.4 is 5.32 Å². The molecule has 7 heteroatoms. The standard InChI is InChI=1S/C22H27ClN2O3S/c1-15-4-9-21(16(2)14-15)17(3)24-22(26)18-10-12-25(13-11-18)29(27,28)20-7-5-19(23)6-8-20/h4-9,14,17-18H,10-13H2,1-3H3,(H,24,26)/t17-/m1/s1. The molecule has 0 bridgehead atoms. The second-order valence-electron chi connectivity index (χ2n) is 7.72. The summed E-state index contributed by atoms with van der Waals surface area (Å²) < 4.78 is 27.0. The van der Waals surface area contributed by atoms with E-state index in [2.05, 4.69) is 17.4 Å². The van der Waals surface area contributed by atoms with E-state index < -0.39 is 10.0 Å². The minimum absolute atomic E-state index is 0.0129. The number of rotatable bonds is 5. The van der Waals surface area contributed by atoms with Gasteiger partial charge in [0.05, 0.1) is 10.9 Å². The van der Waals surface area contributed by atoms with Gasteiger partial charge in [0.1, 0.15) is 0 Å². The molecular formula is C22H27ClN2O3S. The zero-order valence-corrected chi connectivity index (χ0v) is 18.6. The van der Waals surface area contributed by atoms with E-state index in [1.54, 1.807) is 12.1 Å². The number of aryl methyl sites for hydroxylation is 2. The van der Waals surface area contributed by atoms with Crippen molar-refractivity contribution in [2.24, 2.45) is 5.92 Å². The van der Waals surface area contributed by atoms with Gasteiger partial charge in [-0.2, -0.15) is 4.31 Å². The van der Waals surface area contributed by atoms with Crippen LogP contribution in [0.3, 0.4) is 0 Å². The van der Waals surface area contributed by atoms with E-state index in [9.17, 15) is 13.2 Å². The molecule has 0 aliphatic carbocycles. The maximum Gasteiger partial charge on any atom is 0.243 e. The molecule has 2 aromatic carbocycles. The average molecular weight is 435 g/mol. The zero-order valence-electron chi connectivity index (χ0n) is 17.0. The largest absolute Gasteiger partial charge is 0.349 e. The molecule has 1 fully saturated rings. The molecule has 1 heterocycles. The molecule has 29 heavy (non-hydrogen) atoms. The number of amides is 1. The van der Waals surface area contributed by atoms with Crippen molar-refractivity contribution < 1.29 is 13.2 Å². The molecule has 1 aliphatic heterocycles. The Hall–Kier alpha value is -1.89. The SMILES string of the molecule is Cc1ccc([C@@H](C)NC(=O)C2CCN(S(=O)(=O)c3ccc(Cl)cc3)CC2)c(C)c1. The van der Waals surface area contributed by atoms with Gasteiger partial charge in [0.15, 0.2) is 0 Å². The van der Waals surface area contributed by atoms with Crippen LogP contribution in [-0.2, 0) is 14.8 Å². The number of carbonyl (C=O) groups excluding carboxylic acids is 1. The third kappa shape index (κ3) is 5.00. The van der Waals surface area contributed by atoms with E-state index in [0.717, 1.165) is 11.1 Å². The van der Waals surface area contributed by atoms with Crippen LogP contribution in [0.2, 0.25) is 5.02 Å². The summed E-state index contributed by atoms with van der Waals surface area (Å²) in [6, 6.07) is 12.3. The molecule has 0 unspecified atom stereocenters. The van der Waals surface area contributed by atoms with Crippen LogP contribution in [0.5, 0.6) is 0 Å². The number of sulfonamides is 1. The fourth-order valence-electron chi connectivity index (χ4n) is 3.83. The molecule has 0 aromatic heterocycles. The second-order valence-corrected chi connectivity index (χ2v) is 10.1. The molecule has 0 saturated carbocycles. The fraction of sp³-hybridized carbons (Fsp3) is 0.409. The number of halogens is 1. The first kappa shape index (κ1) is 21.8. The molecular weight excluding hydrogens is 408 g/mol. The van der Waals surface area contributed by atoms with Gasteiger partial charge in [-0.3, -0.25) is 4.79 Å². The summed E-state index contributed by atoms with van der Waals surface area (Å²) in [5, 5.41) is 3.59. The van der Waals surface area contributed by atoms with E-state index >= 15 is 0 Å². The number of hydrogen-bond acceptors (Lipinski definition) is 3. The van der Waals surface area contributed by atoms with Crippen molar-refractivity contribution in [3.63, 3.8) is 0 Å². The van der Waals surface area contributed by atoms with Crippen molar-refractivity contribution in [3.05, 3.63) is 64.2 Å². The lowest BCUT2D eigenvalue weighted by molar-refractivity contribution is -0.126. The van der Waals surface area contributed by atoms with Crippen molar-refractivity contribution in [2.45, 2.75) is 44.6 Å². The van der Waals surface area contributed by atoms with Crippen molar-refractivity contribution in [2.75, 3.05) is 13.1 Å². The number of carbonyl (C=O) groups is 1. The summed E-state index contributed by atoms with van der Waals surface area (Å²) in [5.41, 5.74) is 3.45. The molecule has 0 radical (unpaired) electrons. The first-order chi connectivity index (χ1) is 13.7. The summed E-state index contributed by atoms with van der Waals surface area (Å²) in [4.78, 5) is 13.0. The van der Waals surface area contributed by atoms with Gasteiger partial charge in [-0.05, 0) is 69.0 Å². The number of benzene rings is 2. The molecule has 1 aliphatic rings. The predicted octanol–water partition coefficient (Wildman–Crippen LogP) is 4.23. The number of piperidine rings is 1. The normalized spacial score (nSPS) is 17.1. The minimum atomic E-state index is -3.56. The Kier molecular flexibility index (Phi) is 6.66. The fourth-order valence-corrected chi connectivity index (χ4v) is 5.43. The van der Waals surface area contributed by atoms with Gasteiger partial charge < -0.3 is 5.32 Å².